The van der Waals surface area contributed by atoms with E-state index in [9.17, 15) is 4.79 Å². The molecule has 2 aliphatic rings. The van der Waals surface area contributed by atoms with Crippen molar-refractivity contribution in [2.75, 3.05) is 7.11 Å². The molecule has 49 heavy (non-hydrogen) atoms. The molecular formula is C42H28N4O2Zn. The third kappa shape index (κ3) is 6.13. The first-order chi connectivity index (χ1) is 23.7. The smallest absolute Gasteiger partial charge is 0.657 e. The number of rotatable bonds is 5. The molecule has 3 aromatic carbocycles. The summed E-state index contributed by atoms with van der Waals surface area (Å²) in [6.07, 6.45) is 11.2. The van der Waals surface area contributed by atoms with Gasteiger partial charge in [0.25, 0.3) is 0 Å². The maximum absolute atomic E-state index is 12.3. The van der Waals surface area contributed by atoms with Crippen molar-refractivity contribution in [2.45, 2.75) is 0 Å². The molecule has 0 radical (unpaired) electrons. The number of esters is 1. The second-order valence-corrected chi connectivity index (χ2v) is 11.4. The first-order valence-electron chi connectivity index (χ1n) is 15.6. The number of aromatic nitrogens is 4. The Morgan fingerprint density at radius 2 is 0.898 bits per heavy atom. The summed E-state index contributed by atoms with van der Waals surface area (Å²) < 4.78 is 4.92. The molecule has 0 saturated heterocycles. The van der Waals surface area contributed by atoms with Gasteiger partial charge in [-0.25, -0.2) is 14.8 Å². The molecule has 7 heteroatoms. The van der Waals surface area contributed by atoms with E-state index in [-0.39, 0.29) is 19.5 Å². The number of carbonyl (C=O) groups excluding carboxylic acids is 1. The van der Waals surface area contributed by atoms with Gasteiger partial charge in [-0.05, 0) is 69.3 Å². The van der Waals surface area contributed by atoms with Crippen molar-refractivity contribution in [2.24, 2.45) is 0 Å². The van der Waals surface area contributed by atoms with Crippen molar-refractivity contribution in [3.05, 3.63) is 150 Å². The number of fused-ring (bicyclic) bond motifs is 8. The van der Waals surface area contributed by atoms with Crippen molar-refractivity contribution in [1.29, 1.82) is 0 Å². The van der Waals surface area contributed by atoms with E-state index in [2.05, 4.69) is 48.5 Å². The minimum atomic E-state index is -0.464. The van der Waals surface area contributed by atoms with Gasteiger partial charge in [-0.3, -0.25) is 0 Å². The largest absolute Gasteiger partial charge is 2.00 e. The third-order valence-corrected chi connectivity index (χ3v) is 8.42. The minimum Gasteiger partial charge on any atom is -0.657 e. The molecule has 0 fully saturated rings. The zero-order chi connectivity index (χ0) is 32.5. The van der Waals surface area contributed by atoms with Gasteiger partial charge in [-0.2, -0.15) is 0 Å². The zero-order valence-electron chi connectivity index (χ0n) is 26.7. The molecule has 0 saturated carbocycles. The summed E-state index contributed by atoms with van der Waals surface area (Å²) in [6.45, 7) is 0. The average Bonchev–Trinajstić information content (AvgIpc) is 3.97. The van der Waals surface area contributed by atoms with Crippen molar-refractivity contribution < 1.29 is 29.0 Å². The topological polar surface area (TPSA) is 80.3 Å². The van der Waals surface area contributed by atoms with Gasteiger partial charge >= 0.3 is 25.4 Å². The quantitative estimate of drug-likeness (QED) is 0.102. The summed E-state index contributed by atoms with van der Waals surface area (Å²) in [5, 5.41) is 0. The van der Waals surface area contributed by atoms with Crippen LogP contribution in [0.5, 0.6) is 0 Å². The number of carbonyl (C=O) groups is 1. The van der Waals surface area contributed by atoms with Crippen LogP contribution in [0.15, 0.2) is 121 Å². The van der Waals surface area contributed by atoms with Crippen LogP contribution in [0.4, 0.5) is 0 Å². The van der Waals surface area contributed by atoms with Gasteiger partial charge in [-0.1, -0.05) is 115 Å². The maximum Gasteiger partial charge on any atom is 2.00 e. The van der Waals surface area contributed by atoms with Crippen molar-refractivity contribution >= 4 is 58.4 Å². The summed E-state index contributed by atoms with van der Waals surface area (Å²) in [5.74, 6) is -0.464. The standard InChI is InChI=1S/C42H29N4O2.Zn/c1-48-39(47)26-17-30-31-18-20-33(43-31)40(27-11-5-2-6-12-27)35-22-24-37(45-35)42(29-15-9-4-10-16-29)38-25-23-36(46-38)41(28-13-7-3-8-14-28)34-21-19-32(30)44-34;/h2-26H,1H3,(H-,43,44,45,46,47);/q-1;+2/p-1. The van der Waals surface area contributed by atoms with Crippen LogP contribution >= 0.6 is 0 Å². The summed E-state index contributed by atoms with van der Waals surface area (Å²) in [6, 6.07) is 38.6. The van der Waals surface area contributed by atoms with Gasteiger partial charge in [0.05, 0.1) is 29.9 Å². The first-order valence-corrected chi connectivity index (χ1v) is 15.6. The number of nitrogens with zero attached hydrogens (tertiary/aromatic N) is 4. The van der Waals surface area contributed by atoms with E-state index in [1.165, 1.54) is 13.2 Å². The molecule has 0 atom stereocenters. The Labute approximate surface area is 296 Å². The van der Waals surface area contributed by atoms with E-state index in [4.69, 9.17) is 24.7 Å². The first kappa shape index (κ1) is 31.7. The molecule has 0 amide bonds. The normalized spacial score (nSPS) is 11.9. The summed E-state index contributed by atoms with van der Waals surface area (Å²) in [7, 11) is 1.36. The fraction of sp³-hybridized carbons (Fsp3) is 0.0238. The van der Waals surface area contributed by atoms with Crippen LogP contribution in [0.2, 0.25) is 0 Å². The minimum absolute atomic E-state index is 0. The van der Waals surface area contributed by atoms with Crippen LogP contribution in [0.1, 0.15) is 28.3 Å². The Hall–Kier alpha value is -5.91. The van der Waals surface area contributed by atoms with E-state index in [1.54, 1.807) is 6.08 Å². The molecule has 2 aliphatic heterocycles. The van der Waals surface area contributed by atoms with Crippen LogP contribution in [0.3, 0.4) is 0 Å². The van der Waals surface area contributed by atoms with Crippen LogP contribution in [-0.4, -0.2) is 23.0 Å². The van der Waals surface area contributed by atoms with Gasteiger partial charge in [0, 0.05) is 6.08 Å². The van der Waals surface area contributed by atoms with Gasteiger partial charge in [0.15, 0.2) is 0 Å². The van der Waals surface area contributed by atoms with Crippen LogP contribution in [-0.2, 0) is 29.0 Å². The summed E-state index contributed by atoms with van der Waals surface area (Å²) in [5.41, 5.74) is 12.5. The van der Waals surface area contributed by atoms with Gasteiger partial charge < -0.3 is 14.7 Å². The fourth-order valence-electron chi connectivity index (χ4n) is 6.20. The molecule has 0 N–H and O–H groups in total. The SMILES string of the molecule is COC(=O)/C=C/c1c2nc(c(-c3ccccc3)c3ccc([n-]3)c(-c3ccccc3)c3nc(c(-c4ccccc4)c4ccc1[n-]4)C=C3)C=C2.[Zn+2]. The fourth-order valence-corrected chi connectivity index (χ4v) is 6.20. The Morgan fingerprint density at radius 3 is 1.33 bits per heavy atom. The molecule has 0 spiro atoms. The van der Waals surface area contributed by atoms with E-state index < -0.39 is 5.97 Å². The molecule has 5 heterocycles. The van der Waals surface area contributed by atoms with Crippen molar-refractivity contribution in [3.8, 4) is 33.4 Å². The van der Waals surface area contributed by atoms with E-state index in [1.807, 2.05) is 91.0 Å². The monoisotopic (exact) mass is 684 g/mol. The third-order valence-electron chi connectivity index (χ3n) is 8.42. The second kappa shape index (κ2) is 13.7. The van der Waals surface area contributed by atoms with Crippen molar-refractivity contribution in [3.63, 3.8) is 0 Å². The maximum atomic E-state index is 12.3. The molecule has 6 nitrogen and oxygen atoms in total. The van der Waals surface area contributed by atoms with E-state index in [0.717, 1.165) is 67.0 Å². The molecule has 6 aromatic rings. The Kier molecular flexibility index (Phi) is 8.84. The van der Waals surface area contributed by atoms with Crippen LogP contribution < -0.4 is 9.97 Å². The number of methoxy groups -OCH3 is 1. The molecule has 8 bridgehead atoms. The predicted octanol–water partition coefficient (Wildman–Crippen LogP) is 9.10. The van der Waals surface area contributed by atoms with Crippen molar-refractivity contribution in [1.82, 2.24) is 19.9 Å². The molecule has 230 valence electrons. The van der Waals surface area contributed by atoms with E-state index in [0.29, 0.717) is 16.8 Å². The average molecular weight is 686 g/mol. The number of ether oxygens (including phenoxy) is 1. The van der Waals surface area contributed by atoms with Gasteiger partial charge in [-0.15, -0.1) is 22.1 Å². The Morgan fingerprint density at radius 1 is 0.531 bits per heavy atom. The molecule has 0 unspecified atom stereocenters. The Bertz CT molecular complexity index is 2400. The molecule has 8 rings (SSSR count). The molecule has 0 aliphatic carbocycles. The van der Waals surface area contributed by atoms with Crippen LogP contribution in [0.25, 0.3) is 85.8 Å². The van der Waals surface area contributed by atoms with Gasteiger partial charge in [0.2, 0.25) is 0 Å². The predicted molar refractivity (Wildman–Crippen MR) is 194 cm³/mol. The number of hydrogen-bond acceptors (Lipinski definition) is 4. The van der Waals surface area contributed by atoms with E-state index >= 15 is 0 Å². The summed E-state index contributed by atoms with van der Waals surface area (Å²) in [4.78, 5) is 33.0. The van der Waals surface area contributed by atoms with Crippen LogP contribution in [0, 0.1) is 0 Å². The molecule has 3 aromatic heterocycles. The number of hydrogen-bond donors (Lipinski definition) is 0. The van der Waals surface area contributed by atoms with Gasteiger partial charge in [0.1, 0.15) is 0 Å². The second-order valence-electron chi connectivity index (χ2n) is 11.4. The zero-order valence-corrected chi connectivity index (χ0v) is 29.7. The Balaban J connectivity index is 0.00000378. The molecular weight excluding hydrogens is 658 g/mol. The summed E-state index contributed by atoms with van der Waals surface area (Å²) >= 11 is 0. The number of benzene rings is 3.